The zero-order chi connectivity index (χ0) is 18.8. The summed E-state index contributed by atoms with van der Waals surface area (Å²) in [6.07, 6.45) is 3.44. The quantitative estimate of drug-likeness (QED) is 0.422. The number of benzene rings is 1. The zero-order valence-corrected chi connectivity index (χ0v) is 16.8. The van der Waals surface area contributed by atoms with E-state index in [0.717, 1.165) is 32.7 Å². The molecule has 0 fully saturated rings. The Labute approximate surface area is 169 Å². The van der Waals surface area contributed by atoms with Gasteiger partial charge >= 0.3 is 0 Å². The topological polar surface area (TPSA) is 71.7 Å². The molecule has 27 heavy (non-hydrogen) atoms. The molecule has 4 rings (SSSR count). The van der Waals surface area contributed by atoms with E-state index in [0.29, 0.717) is 17.1 Å². The van der Waals surface area contributed by atoms with Gasteiger partial charge in [0.05, 0.1) is 6.54 Å². The van der Waals surface area contributed by atoms with Gasteiger partial charge in [-0.15, -0.1) is 0 Å². The third kappa shape index (κ3) is 3.72. The Morgan fingerprint density at radius 3 is 2.74 bits per heavy atom. The van der Waals surface area contributed by atoms with E-state index in [1.54, 1.807) is 17.1 Å². The van der Waals surface area contributed by atoms with Gasteiger partial charge in [0.15, 0.2) is 5.82 Å². The number of aryl methyl sites for hydroxylation is 1. The van der Waals surface area contributed by atoms with Gasteiger partial charge < -0.3 is 9.84 Å². The monoisotopic (exact) mass is 441 g/mol. The van der Waals surface area contributed by atoms with Crippen molar-refractivity contribution in [3.8, 4) is 22.7 Å². The molecular formula is C19H16BrN5OS. The van der Waals surface area contributed by atoms with Gasteiger partial charge in [0.25, 0.3) is 0 Å². The van der Waals surface area contributed by atoms with E-state index < -0.39 is 0 Å². The SMILES string of the molecule is Cc1cc(-c2ccc(CNn3c(-c4ccncc4)n[nH]c3=S)o2)ccc1Br. The molecule has 0 bridgehead atoms. The van der Waals surface area contributed by atoms with Crippen LogP contribution >= 0.6 is 28.1 Å². The van der Waals surface area contributed by atoms with Crippen molar-refractivity contribution in [2.24, 2.45) is 0 Å². The number of aromatic amines is 1. The first-order valence-corrected chi connectivity index (χ1v) is 9.49. The van der Waals surface area contributed by atoms with Crippen LogP contribution in [0.2, 0.25) is 0 Å². The Morgan fingerprint density at radius 2 is 1.96 bits per heavy atom. The second-order valence-electron chi connectivity index (χ2n) is 5.99. The number of H-pyrrole nitrogens is 1. The molecule has 0 aliphatic heterocycles. The van der Waals surface area contributed by atoms with Gasteiger partial charge in [-0.25, -0.2) is 9.77 Å². The van der Waals surface area contributed by atoms with Crippen molar-refractivity contribution in [1.82, 2.24) is 19.9 Å². The van der Waals surface area contributed by atoms with Gasteiger partial charge in [0.1, 0.15) is 11.5 Å². The summed E-state index contributed by atoms with van der Waals surface area (Å²) in [6.45, 7) is 2.53. The molecule has 0 saturated heterocycles. The fourth-order valence-electron chi connectivity index (χ4n) is 2.72. The van der Waals surface area contributed by atoms with Gasteiger partial charge in [-0.3, -0.25) is 4.98 Å². The van der Waals surface area contributed by atoms with Crippen molar-refractivity contribution >= 4 is 28.1 Å². The van der Waals surface area contributed by atoms with Crippen LogP contribution in [0, 0.1) is 11.7 Å². The zero-order valence-electron chi connectivity index (χ0n) is 14.4. The summed E-state index contributed by atoms with van der Waals surface area (Å²) in [7, 11) is 0. The first-order valence-electron chi connectivity index (χ1n) is 8.29. The number of aromatic nitrogens is 4. The third-order valence-corrected chi connectivity index (χ3v) is 5.29. The minimum atomic E-state index is 0.474. The smallest absolute Gasteiger partial charge is 0.214 e. The summed E-state index contributed by atoms with van der Waals surface area (Å²) in [5, 5.41) is 7.10. The van der Waals surface area contributed by atoms with Crippen LogP contribution in [0.3, 0.4) is 0 Å². The predicted octanol–water partition coefficient (Wildman–Crippen LogP) is 5.08. The van der Waals surface area contributed by atoms with Crippen LogP contribution in [0.5, 0.6) is 0 Å². The Balaban J connectivity index is 1.54. The van der Waals surface area contributed by atoms with Crippen LogP contribution in [0.1, 0.15) is 11.3 Å². The van der Waals surface area contributed by atoms with Crippen LogP contribution in [-0.4, -0.2) is 19.9 Å². The lowest BCUT2D eigenvalue weighted by Gasteiger charge is -2.08. The highest BCUT2D eigenvalue weighted by molar-refractivity contribution is 9.10. The molecule has 0 aliphatic rings. The first kappa shape index (κ1) is 17.7. The van der Waals surface area contributed by atoms with Crippen molar-refractivity contribution in [2.45, 2.75) is 13.5 Å². The van der Waals surface area contributed by atoms with Crippen LogP contribution in [0.15, 0.2) is 63.7 Å². The van der Waals surface area contributed by atoms with E-state index in [1.807, 2.05) is 36.4 Å². The summed E-state index contributed by atoms with van der Waals surface area (Å²) in [4.78, 5) is 4.03. The van der Waals surface area contributed by atoms with Crippen molar-refractivity contribution in [2.75, 3.05) is 5.43 Å². The number of halogens is 1. The van der Waals surface area contributed by atoms with Gasteiger partial charge in [-0.2, -0.15) is 5.10 Å². The van der Waals surface area contributed by atoms with Crippen molar-refractivity contribution < 1.29 is 4.42 Å². The van der Waals surface area contributed by atoms with E-state index in [2.05, 4.69) is 49.5 Å². The van der Waals surface area contributed by atoms with Gasteiger partial charge in [0, 0.05) is 28.0 Å². The molecule has 0 atom stereocenters. The molecule has 136 valence electrons. The maximum Gasteiger partial charge on any atom is 0.214 e. The molecule has 0 amide bonds. The van der Waals surface area contributed by atoms with Crippen LogP contribution in [0.25, 0.3) is 22.7 Å². The van der Waals surface area contributed by atoms with E-state index in [9.17, 15) is 0 Å². The Bertz CT molecular complexity index is 1130. The number of furan rings is 1. The molecule has 0 aliphatic carbocycles. The van der Waals surface area contributed by atoms with Crippen molar-refractivity contribution in [1.29, 1.82) is 0 Å². The van der Waals surface area contributed by atoms with Crippen LogP contribution < -0.4 is 5.43 Å². The van der Waals surface area contributed by atoms with Crippen molar-refractivity contribution in [3.63, 3.8) is 0 Å². The maximum atomic E-state index is 5.98. The largest absolute Gasteiger partial charge is 0.459 e. The predicted molar refractivity (Wildman–Crippen MR) is 110 cm³/mol. The number of hydrogen-bond acceptors (Lipinski definition) is 5. The Kier molecular flexibility index (Phi) is 4.91. The highest BCUT2D eigenvalue weighted by atomic mass is 79.9. The number of nitrogens with one attached hydrogen (secondary N) is 2. The highest BCUT2D eigenvalue weighted by Gasteiger charge is 2.10. The van der Waals surface area contributed by atoms with Gasteiger partial charge in [0.2, 0.25) is 4.77 Å². The summed E-state index contributed by atoms with van der Waals surface area (Å²) in [6, 6.07) is 13.8. The number of nitrogens with zero attached hydrogens (tertiary/aromatic N) is 3. The lowest BCUT2D eigenvalue weighted by atomic mass is 10.1. The number of rotatable bonds is 5. The molecule has 4 aromatic rings. The minimum absolute atomic E-state index is 0.474. The van der Waals surface area contributed by atoms with E-state index in [1.165, 1.54) is 0 Å². The van der Waals surface area contributed by atoms with Gasteiger partial charge in [-0.1, -0.05) is 22.0 Å². The molecule has 3 heterocycles. The second-order valence-corrected chi connectivity index (χ2v) is 7.23. The van der Waals surface area contributed by atoms with Crippen molar-refractivity contribution in [3.05, 3.63) is 75.4 Å². The molecular weight excluding hydrogens is 426 g/mol. The summed E-state index contributed by atoms with van der Waals surface area (Å²) in [5.74, 6) is 2.32. The second kappa shape index (κ2) is 7.50. The average Bonchev–Trinajstić information content (AvgIpc) is 3.30. The molecule has 3 aromatic heterocycles. The van der Waals surface area contributed by atoms with E-state index >= 15 is 0 Å². The number of pyridine rings is 1. The highest BCUT2D eigenvalue weighted by Crippen LogP contribution is 2.26. The minimum Gasteiger partial charge on any atom is -0.459 e. The fraction of sp³-hybridized carbons (Fsp3) is 0.105. The number of hydrogen-bond donors (Lipinski definition) is 2. The van der Waals surface area contributed by atoms with Gasteiger partial charge in [-0.05, 0) is 61.1 Å². The molecule has 0 radical (unpaired) electrons. The lowest BCUT2D eigenvalue weighted by Crippen LogP contribution is -2.15. The molecule has 8 heteroatoms. The molecule has 0 saturated carbocycles. The standard InChI is InChI=1S/C19H16BrN5OS/c1-12-10-14(2-4-16(12)20)17-5-3-15(26-17)11-22-25-18(23-24-19(25)27)13-6-8-21-9-7-13/h2-10,22H,11H2,1H3,(H,24,27). The molecule has 2 N–H and O–H groups in total. The summed E-state index contributed by atoms with van der Waals surface area (Å²) in [5.41, 5.74) is 6.37. The van der Waals surface area contributed by atoms with Crippen LogP contribution in [0.4, 0.5) is 0 Å². The fourth-order valence-corrected chi connectivity index (χ4v) is 3.16. The molecule has 6 nitrogen and oxygen atoms in total. The molecule has 0 unspecified atom stereocenters. The van der Waals surface area contributed by atoms with E-state index in [4.69, 9.17) is 16.6 Å². The summed E-state index contributed by atoms with van der Waals surface area (Å²) < 4.78 is 9.28. The van der Waals surface area contributed by atoms with Crippen LogP contribution in [-0.2, 0) is 6.54 Å². The Morgan fingerprint density at radius 1 is 1.15 bits per heavy atom. The molecule has 0 spiro atoms. The summed E-state index contributed by atoms with van der Waals surface area (Å²) >= 11 is 8.85. The third-order valence-electron chi connectivity index (χ3n) is 4.13. The van der Waals surface area contributed by atoms with E-state index in [-0.39, 0.29) is 0 Å². The molecule has 1 aromatic carbocycles. The maximum absolute atomic E-state index is 5.98. The normalized spacial score (nSPS) is 10.9. The average molecular weight is 442 g/mol. The first-order chi connectivity index (χ1) is 13.1. The lowest BCUT2D eigenvalue weighted by molar-refractivity contribution is 0.522. The Hall–Kier alpha value is -2.71.